The van der Waals surface area contributed by atoms with Crippen LogP contribution in [0.25, 0.3) is 0 Å². The van der Waals surface area contributed by atoms with Gasteiger partial charge in [0.05, 0.1) is 0 Å². The van der Waals surface area contributed by atoms with E-state index >= 15 is 0 Å². The van der Waals surface area contributed by atoms with Crippen molar-refractivity contribution in [3.8, 4) is 0 Å². The minimum Gasteiger partial charge on any atom is -0.138 e. The van der Waals surface area contributed by atoms with Crippen LogP contribution in [0.15, 0.2) is 0 Å². The maximum atomic E-state index is 2.70. The van der Waals surface area contributed by atoms with Gasteiger partial charge in [-0.25, -0.2) is 0 Å². The van der Waals surface area contributed by atoms with Crippen molar-refractivity contribution >= 4 is 9.24 Å². The van der Waals surface area contributed by atoms with Crippen LogP contribution in [0.5, 0.6) is 0 Å². The highest BCUT2D eigenvalue weighted by Crippen LogP contribution is 1.89. The van der Waals surface area contributed by atoms with Crippen molar-refractivity contribution in [3.63, 3.8) is 0 Å². The van der Waals surface area contributed by atoms with Gasteiger partial charge in [0.2, 0.25) is 0 Å². The molecule has 0 fully saturated rings. The molecule has 0 nitrogen and oxygen atoms in total. The number of rotatable bonds is 2. The van der Waals surface area contributed by atoms with Crippen molar-refractivity contribution in [2.24, 2.45) is 0 Å². The van der Waals surface area contributed by atoms with E-state index in [4.69, 9.17) is 0 Å². The quantitative estimate of drug-likeness (QED) is 0.456. The van der Waals surface area contributed by atoms with E-state index in [9.17, 15) is 0 Å². The van der Waals surface area contributed by atoms with Gasteiger partial charge in [0.1, 0.15) is 0 Å². The second-order valence-electron chi connectivity index (χ2n) is 1.14. The Morgan fingerprint density at radius 3 is 2.40 bits per heavy atom. The van der Waals surface area contributed by atoms with Gasteiger partial charge in [0.15, 0.2) is 0 Å². The Labute approximate surface area is 37.6 Å². The van der Waals surface area contributed by atoms with Crippen LogP contribution in [0.1, 0.15) is 21.2 Å². The van der Waals surface area contributed by atoms with E-state index in [0.717, 1.165) is 0 Å². The summed E-state index contributed by atoms with van der Waals surface area (Å²) in [4.78, 5) is 0. The number of hydrogen-bond donors (Lipinski definition) is 0. The lowest BCUT2D eigenvalue weighted by atomic mass is 10.4. The Bertz CT molecular complexity index is 15.0. The van der Waals surface area contributed by atoms with Gasteiger partial charge in [0, 0.05) is 1.43 Å². The molecule has 0 heterocycles. The predicted octanol–water partition coefficient (Wildman–Crippen LogP) is 1.91. The normalized spacial score (nSPS) is 8.40. The van der Waals surface area contributed by atoms with Gasteiger partial charge < -0.3 is 0 Å². The molecule has 0 aliphatic rings. The summed E-state index contributed by atoms with van der Waals surface area (Å²) < 4.78 is 0. The lowest BCUT2D eigenvalue weighted by molar-refractivity contribution is 0.897. The zero-order chi connectivity index (χ0) is 4.12. The van der Waals surface area contributed by atoms with Gasteiger partial charge in [-0.15, -0.1) is 9.24 Å². The second kappa shape index (κ2) is 4.43. The van der Waals surface area contributed by atoms with E-state index in [2.05, 4.69) is 16.2 Å². The molecule has 0 aromatic rings. The van der Waals surface area contributed by atoms with Crippen molar-refractivity contribution in [2.45, 2.75) is 19.8 Å². The zero-order valence-electron chi connectivity index (χ0n) is 3.70. The fourth-order valence-corrected chi connectivity index (χ4v) is 0.612. The summed E-state index contributed by atoms with van der Waals surface area (Å²) in [5, 5.41) is 0. The zero-order valence-corrected chi connectivity index (χ0v) is 4.85. The fourth-order valence-electron chi connectivity index (χ4n) is 0.204. The lowest BCUT2D eigenvalue weighted by Crippen LogP contribution is -1.64. The van der Waals surface area contributed by atoms with Gasteiger partial charge in [-0.2, -0.15) is 0 Å². The molecule has 1 heteroatoms. The third-order valence-electron chi connectivity index (χ3n) is 0.558. The highest BCUT2D eigenvalue weighted by atomic mass is 31.0. The maximum Gasteiger partial charge on any atom is 0 e. The molecule has 0 N–H and O–H groups in total. The summed E-state index contributed by atoms with van der Waals surface area (Å²) in [6.45, 7) is 2.20. The van der Waals surface area contributed by atoms with Gasteiger partial charge in [-0.1, -0.05) is 19.8 Å². The predicted molar refractivity (Wildman–Crippen MR) is 31.6 cm³/mol. The SMILES string of the molecule is CCCCP.[HH]. The molecule has 0 aromatic heterocycles. The van der Waals surface area contributed by atoms with Crippen LogP contribution in [0.2, 0.25) is 0 Å². The standard InChI is InChI=1S/C4H11P.H2/c1-2-3-4-5;/h2-5H2,1H3;1H. The summed E-state index contributed by atoms with van der Waals surface area (Å²) in [7, 11) is 2.70. The third kappa shape index (κ3) is 4.43. The Hall–Kier alpha value is 0.430. The Kier molecular flexibility index (Phi) is 4.81. The molecule has 0 aliphatic carbocycles. The first-order valence-corrected chi connectivity index (χ1v) is 2.93. The van der Waals surface area contributed by atoms with Crippen LogP contribution >= 0.6 is 9.24 Å². The van der Waals surface area contributed by atoms with Gasteiger partial charge in [-0.05, 0) is 6.16 Å². The van der Waals surface area contributed by atoms with Gasteiger partial charge in [0.25, 0.3) is 0 Å². The molecular formula is C4H13P. The van der Waals surface area contributed by atoms with E-state index < -0.39 is 0 Å². The molecule has 0 saturated heterocycles. The summed E-state index contributed by atoms with van der Waals surface area (Å²) >= 11 is 0. The molecule has 1 atom stereocenters. The van der Waals surface area contributed by atoms with E-state index in [1.807, 2.05) is 0 Å². The van der Waals surface area contributed by atoms with Crippen molar-refractivity contribution in [1.29, 1.82) is 0 Å². The summed E-state index contributed by atoms with van der Waals surface area (Å²) in [5.74, 6) is 0. The van der Waals surface area contributed by atoms with Crippen molar-refractivity contribution < 1.29 is 1.43 Å². The van der Waals surface area contributed by atoms with E-state index in [-0.39, 0.29) is 1.43 Å². The Morgan fingerprint density at radius 1 is 1.80 bits per heavy atom. The molecule has 0 amide bonds. The van der Waals surface area contributed by atoms with Crippen molar-refractivity contribution in [2.75, 3.05) is 6.16 Å². The lowest BCUT2D eigenvalue weighted by Gasteiger charge is -1.79. The molecule has 5 heavy (non-hydrogen) atoms. The van der Waals surface area contributed by atoms with Crippen LogP contribution in [0.4, 0.5) is 0 Å². The number of unbranched alkanes of at least 4 members (excludes halogenated alkanes) is 1. The molecule has 34 valence electrons. The highest BCUT2D eigenvalue weighted by Gasteiger charge is 1.68. The van der Waals surface area contributed by atoms with Gasteiger partial charge in [-0.3, -0.25) is 0 Å². The van der Waals surface area contributed by atoms with E-state index in [1.165, 1.54) is 19.0 Å². The average Bonchev–Trinajstić information content (AvgIpc) is 1.41. The molecular weight excluding hydrogens is 79.0 g/mol. The average molecular weight is 92.1 g/mol. The van der Waals surface area contributed by atoms with Crippen LogP contribution in [-0.2, 0) is 0 Å². The monoisotopic (exact) mass is 92.1 g/mol. The molecule has 0 rings (SSSR count). The molecule has 0 spiro atoms. The third-order valence-corrected chi connectivity index (χ3v) is 0.966. The van der Waals surface area contributed by atoms with Crippen molar-refractivity contribution in [3.05, 3.63) is 0 Å². The minimum atomic E-state index is 0. The van der Waals surface area contributed by atoms with Crippen molar-refractivity contribution in [1.82, 2.24) is 0 Å². The highest BCUT2D eigenvalue weighted by molar-refractivity contribution is 7.16. The molecule has 0 bridgehead atoms. The van der Waals surface area contributed by atoms with Crippen LogP contribution in [0, 0.1) is 0 Å². The molecule has 0 saturated carbocycles. The largest absolute Gasteiger partial charge is 0.138 e. The maximum absolute atomic E-state index is 2.70. The first-order valence-electron chi connectivity index (χ1n) is 2.12. The minimum absolute atomic E-state index is 0. The van der Waals surface area contributed by atoms with Crippen LogP contribution in [-0.4, -0.2) is 6.16 Å². The topological polar surface area (TPSA) is 0 Å². The van der Waals surface area contributed by atoms with E-state index in [1.54, 1.807) is 0 Å². The molecule has 0 aromatic carbocycles. The molecule has 0 aliphatic heterocycles. The Balaban J connectivity index is 0. The first kappa shape index (κ1) is 5.43. The summed E-state index contributed by atoms with van der Waals surface area (Å²) in [6, 6.07) is 0. The van der Waals surface area contributed by atoms with Crippen LogP contribution < -0.4 is 0 Å². The van der Waals surface area contributed by atoms with E-state index in [0.29, 0.717) is 0 Å². The number of hydrogen-bond acceptors (Lipinski definition) is 0. The first-order chi connectivity index (χ1) is 2.41. The smallest absolute Gasteiger partial charge is 0 e. The second-order valence-corrected chi connectivity index (χ2v) is 1.72. The molecule has 0 radical (unpaired) electrons. The molecule has 1 unspecified atom stereocenters. The fraction of sp³-hybridized carbons (Fsp3) is 1.00. The van der Waals surface area contributed by atoms with Crippen LogP contribution in [0.3, 0.4) is 0 Å². The summed E-state index contributed by atoms with van der Waals surface area (Å²) in [5.41, 5.74) is 0. The van der Waals surface area contributed by atoms with Gasteiger partial charge >= 0.3 is 0 Å². The summed E-state index contributed by atoms with van der Waals surface area (Å²) in [6.07, 6.45) is 3.94. The Morgan fingerprint density at radius 2 is 2.40 bits per heavy atom.